The largest absolute Gasteiger partial charge is 0.475 e. The van der Waals surface area contributed by atoms with E-state index in [1.165, 1.54) is 0 Å². The van der Waals surface area contributed by atoms with Crippen LogP contribution >= 0.6 is 0 Å². The lowest BCUT2D eigenvalue weighted by molar-refractivity contribution is 0.123. The van der Waals surface area contributed by atoms with Crippen LogP contribution in [0.5, 0.6) is 0 Å². The van der Waals surface area contributed by atoms with Crippen molar-refractivity contribution in [2.75, 3.05) is 19.8 Å². The van der Waals surface area contributed by atoms with Gasteiger partial charge in [-0.15, -0.1) is 0 Å². The molecule has 7 nitrogen and oxygen atoms in total. The molecule has 53 heavy (non-hydrogen) atoms. The fourth-order valence-corrected chi connectivity index (χ4v) is 7.09. The number of aliphatic hydroxyl groups is 1. The molecule has 0 unspecified atom stereocenters. The van der Waals surface area contributed by atoms with Crippen molar-refractivity contribution in [2.24, 2.45) is 15.0 Å². The van der Waals surface area contributed by atoms with E-state index in [4.69, 9.17) is 29.2 Å². The lowest BCUT2D eigenvalue weighted by Gasteiger charge is -2.37. The predicted molar refractivity (Wildman–Crippen MR) is 217 cm³/mol. The first-order valence-corrected chi connectivity index (χ1v) is 19.1. The van der Waals surface area contributed by atoms with Crippen LogP contribution in [0, 0.1) is 0 Å². The molecule has 0 aromatic heterocycles. The molecule has 3 aliphatic heterocycles. The molecule has 0 bridgehead atoms. The van der Waals surface area contributed by atoms with E-state index in [9.17, 15) is 5.11 Å². The molecule has 0 fully saturated rings. The van der Waals surface area contributed by atoms with Gasteiger partial charge >= 0.3 is 0 Å². The Balaban J connectivity index is 1.85. The molecule has 3 aliphatic rings. The van der Waals surface area contributed by atoms with Crippen LogP contribution in [-0.2, 0) is 36.1 Å². The molecule has 0 atom stereocenters. The van der Waals surface area contributed by atoms with Crippen LogP contribution in [0.1, 0.15) is 154 Å². The number of nitrogens with zero attached hydrogens (tertiary/aromatic N) is 3. The molecule has 0 saturated heterocycles. The van der Waals surface area contributed by atoms with Gasteiger partial charge in [-0.3, -0.25) is 0 Å². The maximum atomic E-state index is 14.6. The van der Waals surface area contributed by atoms with Gasteiger partial charge in [-0.05, 0) is 92.7 Å². The summed E-state index contributed by atoms with van der Waals surface area (Å²) in [6.07, 6.45) is 0. The first-order valence-electron chi connectivity index (χ1n) is 19.1. The smallest absolute Gasteiger partial charge is 0.217 e. The summed E-state index contributed by atoms with van der Waals surface area (Å²) in [5, 5.41) is 14.6. The molecular weight excluding hydrogens is 659 g/mol. The van der Waals surface area contributed by atoms with Crippen LogP contribution < -0.4 is 0 Å². The highest BCUT2D eigenvalue weighted by Crippen LogP contribution is 2.47. The van der Waals surface area contributed by atoms with Gasteiger partial charge in [0.05, 0.1) is 16.6 Å². The summed E-state index contributed by atoms with van der Waals surface area (Å²) in [6, 6.07) is 19.1. The van der Waals surface area contributed by atoms with E-state index in [0.29, 0.717) is 54.2 Å². The molecule has 0 amide bonds. The van der Waals surface area contributed by atoms with Gasteiger partial charge in [-0.2, -0.15) is 0 Å². The molecule has 0 saturated carbocycles. The van der Waals surface area contributed by atoms with Crippen LogP contribution in [0.2, 0.25) is 0 Å². The third kappa shape index (κ3) is 7.56. The Morgan fingerprint density at radius 2 is 0.698 bits per heavy atom. The normalized spacial score (nSPS) is 19.6. The fourth-order valence-electron chi connectivity index (χ4n) is 7.09. The Morgan fingerprint density at radius 1 is 0.453 bits per heavy atom. The van der Waals surface area contributed by atoms with Crippen molar-refractivity contribution in [1.29, 1.82) is 0 Å². The lowest BCUT2D eigenvalue weighted by atomic mass is 9.70. The number of rotatable bonds is 6. The number of benzene rings is 3. The van der Waals surface area contributed by atoms with Crippen molar-refractivity contribution >= 4 is 17.7 Å². The van der Waals surface area contributed by atoms with E-state index in [0.717, 1.165) is 33.4 Å². The fraction of sp³-hybridized carbons (Fsp3) is 0.543. The van der Waals surface area contributed by atoms with E-state index in [1.807, 2.05) is 0 Å². The van der Waals surface area contributed by atoms with Crippen molar-refractivity contribution < 1.29 is 19.3 Å². The Hall–Kier alpha value is -3.97. The zero-order valence-corrected chi connectivity index (χ0v) is 34.8. The van der Waals surface area contributed by atoms with E-state index in [1.54, 1.807) is 0 Å². The molecule has 3 aromatic rings. The molecule has 0 aliphatic carbocycles. The SMILES string of the molecule is CC1(C)COC(c2ccc(C(C)(C)C)cc2C(O)(c2cc(C(C)(C)C)ccc2C2=NC(C)(C)CO2)c2cc(C(C)(C)C)ccc2C2=NC(C)(C)CO2)=N1. The maximum absolute atomic E-state index is 14.6. The second-order valence-corrected chi connectivity index (χ2v) is 20.3. The minimum atomic E-state index is -1.81. The number of ether oxygens (including phenoxy) is 3. The Bertz CT molecular complexity index is 1800. The zero-order valence-electron chi connectivity index (χ0n) is 34.8. The number of hydrogen-bond acceptors (Lipinski definition) is 7. The Kier molecular flexibility index (Phi) is 9.17. The molecule has 6 rings (SSSR count). The van der Waals surface area contributed by atoms with Gasteiger partial charge in [-0.1, -0.05) is 98.7 Å². The van der Waals surface area contributed by atoms with Crippen molar-refractivity contribution in [3.8, 4) is 0 Å². The standard InChI is InChI=1S/C46H61N3O4/c1-40(2,3)28-16-19-31(37-47-43(10,11)25-51-37)34(22-28)46(50,35-23-29(41(4,5)6)17-20-32(35)38-48-44(12,13)26-52-38)36-24-30(42(7,8)9)18-21-33(36)39-49-45(14,15)27-53-39/h16-24,50H,25-27H2,1-15H3. The molecule has 0 radical (unpaired) electrons. The average Bonchev–Trinajstić information content (AvgIpc) is 3.72. The first kappa shape index (κ1) is 38.7. The molecule has 284 valence electrons. The molecule has 0 spiro atoms. The molecule has 1 N–H and O–H groups in total. The highest BCUT2D eigenvalue weighted by Gasteiger charge is 2.46. The first-order chi connectivity index (χ1) is 24.2. The van der Waals surface area contributed by atoms with E-state index >= 15 is 0 Å². The monoisotopic (exact) mass is 719 g/mol. The van der Waals surface area contributed by atoms with Crippen molar-refractivity contribution in [1.82, 2.24) is 0 Å². The summed E-state index contributed by atoms with van der Waals surface area (Å²) < 4.78 is 19.2. The molecule has 7 heteroatoms. The van der Waals surface area contributed by atoms with Gasteiger partial charge in [0.25, 0.3) is 0 Å². The second-order valence-electron chi connectivity index (χ2n) is 20.3. The summed E-state index contributed by atoms with van der Waals surface area (Å²) in [5.41, 5.74) is 3.63. The van der Waals surface area contributed by atoms with Crippen LogP contribution in [0.3, 0.4) is 0 Å². The van der Waals surface area contributed by atoms with Crippen molar-refractivity contribution in [3.63, 3.8) is 0 Å². The third-order valence-corrected chi connectivity index (χ3v) is 10.4. The molecule has 3 aromatic carbocycles. The van der Waals surface area contributed by atoms with Crippen molar-refractivity contribution in [3.05, 3.63) is 105 Å². The van der Waals surface area contributed by atoms with E-state index in [-0.39, 0.29) is 16.2 Å². The van der Waals surface area contributed by atoms with Crippen LogP contribution in [0.15, 0.2) is 69.6 Å². The van der Waals surface area contributed by atoms with E-state index < -0.39 is 22.2 Å². The highest BCUT2D eigenvalue weighted by atomic mass is 16.5. The van der Waals surface area contributed by atoms with E-state index in [2.05, 4.69) is 158 Å². The van der Waals surface area contributed by atoms with Gasteiger partial charge in [0.15, 0.2) is 0 Å². The van der Waals surface area contributed by atoms with Gasteiger partial charge in [0.2, 0.25) is 17.7 Å². The summed E-state index contributed by atoms with van der Waals surface area (Å²) in [7, 11) is 0. The van der Waals surface area contributed by atoms with Gasteiger partial charge in [0.1, 0.15) is 25.4 Å². The maximum Gasteiger partial charge on any atom is 0.217 e. The zero-order chi connectivity index (χ0) is 39.2. The number of hydrogen-bond donors (Lipinski definition) is 1. The predicted octanol–water partition coefficient (Wildman–Crippen LogP) is 9.53. The molecule has 3 heterocycles. The minimum absolute atomic E-state index is 0.233. The average molecular weight is 720 g/mol. The summed E-state index contributed by atoms with van der Waals surface area (Å²) in [4.78, 5) is 15.2. The van der Waals surface area contributed by atoms with Crippen LogP contribution in [-0.4, -0.2) is 59.2 Å². The minimum Gasteiger partial charge on any atom is -0.475 e. The quantitative estimate of drug-likeness (QED) is 0.257. The summed E-state index contributed by atoms with van der Waals surface area (Å²) >= 11 is 0. The van der Waals surface area contributed by atoms with Gasteiger partial charge < -0.3 is 19.3 Å². The van der Waals surface area contributed by atoms with Gasteiger partial charge in [-0.25, -0.2) is 15.0 Å². The van der Waals surface area contributed by atoms with Crippen molar-refractivity contribution in [2.45, 2.75) is 142 Å². The lowest BCUT2D eigenvalue weighted by Crippen LogP contribution is -2.36. The number of aliphatic imine (C=N–C) groups is 3. The summed E-state index contributed by atoms with van der Waals surface area (Å²) in [5.74, 6) is 1.53. The molecular formula is C46H61N3O4. The third-order valence-electron chi connectivity index (χ3n) is 10.4. The second kappa shape index (κ2) is 12.5. The van der Waals surface area contributed by atoms with Crippen LogP contribution in [0.4, 0.5) is 0 Å². The topological polar surface area (TPSA) is 85.0 Å². The van der Waals surface area contributed by atoms with Crippen LogP contribution in [0.25, 0.3) is 0 Å². The summed E-state index contributed by atoms with van der Waals surface area (Å²) in [6.45, 7) is 33.5. The highest BCUT2D eigenvalue weighted by molar-refractivity contribution is 6.02. The Morgan fingerprint density at radius 3 is 0.887 bits per heavy atom. The Labute approximate surface area is 318 Å². The van der Waals surface area contributed by atoms with Gasteiger partial charge in [0, 0.05) is 33.4 Å².